The van der Waals surface area contributed by atoms with Gasteiger partial charge in [0, 0.05) is 6.54 Å². The van der Waals surface area contributed by atoms with E-state index in [1.54, 1.807) is 6.07 Å². The van der Waals surface area contributed by atoms with E-state index in [0.717, 1.165) is 5.56 Å². The molecule has 3 heteroatoms. The van der Waals surface area contributed by atoms with Crippen LogP contribution in [0.4, 0.5) is 8.78 Å². The molecule has 1 rings (SSSR count). The molecular formula is C10H13F2N. The van der Waals surface area contributed by atoms with Crippen LogP contribution in [0.3, 0.4) is 0 Å². The van der Waals surface area contributed by atoms with Crippen molar-refractivity contribution in [2.24, 2.45) is 0 Å². The Morgan fingerprint density at radius 1 is 1.31 bits per heavy atom. The SMILES string of the molecule is FCCCNCc1cccc(F)c1. The summed E-state index contributed by atoms with van der Waals surface area (Å²) in [5.41, 5.74) is 0.888. The van der Waals surface area contributed by atoms with Crippen molar-refractivity contribution >= 4 is 0 Å². The van der Waals surface area contributed by atoms with E-state index in [4.69, 9.17) is 0 Å². The molecule has 0 spiro atoms. The van der Waals surface area contributed by atoms with Crippen LogP contribution < -0.4 is 5.32 Å². The largest absolute Gasteiger partial charge is 0.313 e. The number of halogens is 2. The normalized spacial score (nSPS) is 10.3. The fraction of sp³-hybridized carbons (Fsp3) is 0.400. The lowest BCUT2D eigenvalue weighted by molar-refractivity contribution is 0.459. The third kappa shape index (κ3) is 3.99. The maximum Gasteiger partial charge on any atom is 0.123 e. The Balaban J connectivity index is 2.28. The Labute approximate surface area is 76.8 Å². The van der Waals surface area contributed by atoms with Gasteiger partial charge in [-0.25, -0.2) is 4.39 Å². The predicted molar refractivity (Wildman–Crippen MR) is 48.7 cm³/mol. The van der Waals surface area contributed by atoms with Gasteiger partial charge >= 0.3 is 0 Å². The Bertz CT molecular complexity index is 250. The molecule has 0 saturated carbocycles. The molecular weight excluding hydrogens is 172 g/mol. The van der Waals surface area contributed by atoms with Crippen molar-refractivity contribution in [2.75, 3.05) is 13.2 Å². The number of hydrogen-bond donors (Lipinski definition) is 1. The predicted octanol–water partition coefficient (Wildman–Crippen LogP) is 2.27. The highest BCUT2D eigenvalue weighted by Crippen LogP contribution is 2.02. The Kier molecular flexibility index (Phi) is 4.40. The van der Waals surface area contributed by atoms with E-state index in [-0.39, 0.29) is 12.5 Å². The Hall–Kier alpha value is -0.960. The molecule has 0 amide bonds. The smallest absolute Gasteiger partial charge is 0.123 e. The molecule has 0 saturated heterocycles. The van der Waals surface area contributed by atoms with Gasteiger partial charge in [0.2, 0.25) is 0 Å². The van der Waals surface area contributed by atoms with Gasteiger partial charge in [-0.05, 0) is 30.7 Å². The molecule has 1 nitrogen and oxygen atoms in total. The highest BCUT2D eigenvalue weighted by atomic mass is 19.1. The highest BCUT2D eigenvalue weighted by molar-refractivity contribution is 5.15. The van der Waals surface area contributed by atoms with E-state index in [2.05, 4.69) is 5.32 Å². The molecule has 1 N–H and O–H groups in total. The molecule has 0 atom stereocenters. The standard InChI is InChI=1S/C10H13F2N/c11-5-2-6-13-8-9-3-1-4-10(12)7-9/h1,3-4,7,13H,2,5-6,8H2. The minimum Gasteiger partial charge on any atom is -0.313 e. The first-order valence-electron chi connectivity index (χ1n) is 4.34. The number of rotatable bonds is 5. The van der Waals surface area contributed by atoms with Crippen LogP contribution in [-0.2, 0) is 6.54 Å². The second-order valence-corrected chi connectivity index (χ2v) is 2.85. The van der Waals surface area contributed by atoms with E-state index in [9.17, 15) is 8.78 Å². The van der Waals surface area contributed by atoms with Crippen LogP contribution in [0.25, 0.3) is 0 Å². The summed E-state index contributed by atoms with van der Waals surface area (Å²) < 4.78 is 24.3. The second kappa shape index (κ2) is 5.65. The summed E-state index contributed by atoms with van der Waals surface area (Å²) in [4.78, 5) is 0. The maximum atomic E-state index is 12.7. The first-order chi connectivity index (χ1) is 6.33. The van der Waals surface area contributed by atoms with Crippen molar-refractivity contribution in [3.8, 4) is 0 Å². The summed E-state index contributed by atoms with van der Waals surface area (Å²) in [6, 6.07) is 6.39. The topological polar surface area (TPSA) is 12.0 Å². The Morgan fingerprint density at radius 3 is 2.85 bits per heavy atom. The lowest BCUT2D eigenvalue weighted by Gasteiger charge is -2.02. The van der Waals surface area contributed by atoms with Gasteiger partial charge in [0.1, 0.15) is 5.82 Å². The quantitative estimate of drug-likeness (QED) is 0.694. The lowest BCUT2D eigenvalue weighted by atomic mass is 10.2. The maximum absolute atomic E-state index is 12.7. The number of hydrogen-bond acceptors (Lipinski definition) is 1. The molecule has 0 aliphatic carbocycles. The molecule has 0 fully saturated rings. The van der Waals surface area contributed by atoms with Crippen LogP contribution in [0.15, 0.2) is 24.3 Å². The fourth-order valence-corrected chi connectivity index (χ4v) is 1.07. The van der Waals surface area contributed by atoms with Crippen LogP contribution in [0.5, 0.6) is 0 Å². The molecule has 0 aliphatic rings. The molecule has 0 unspecified atom stereocenters. The van der Waals surface area contributed by atoms with Crippen molar-refractivity contribution in [1.82, 2.24) is 5.32 Å². The van der Waals surface area contributed by atoms with Crippen molar-refractivity contribution in [3.63, 3.8) is 0 Å². The van der Waals surface area contributed by atoms with Gasteiger partial charge in [-0.15, -0.1) is 0 Å². The molecule has 1 aromatic rings. The first-order valence-corrected chi connectivity index (χ1v) is 4.34. The van der Waals surface area contributed by atoms with Crippen molar-refractivity contribution in [2.45, 2.75) is 13.0 Å². The third-order valence-corrected chi connectivity index (χ3v) is 1.71. The van der Waals surface area contributed by atoms with Gasteiger partial charge in [-0.1, -0.05) is 12.1 Å². The highest BCUT2D eigenvalue weighted by Gasteiger charge is 1.93. The van der Waals surface area contributed by atoms with Crippen LogP contribution in [-0.4, -0.2) is 13.2 Å². The molecule has 1 aromatic carbocycles. The minimum absolute atomic E-state index is 0.232. The molecule has 13 heavy (non-hydrogen) atoms. The Morgan fingerprint density at radius 2 is 2.15 bits per heavy atom. The van der Waals surface area contributed by atoms with Crippen LogP contribution >= 0.6 is 0 Å². The van der Waals surface area contributed by atoms with Crippen molar-refractivity contribution in [1.29, 1.82) is 0 Å². The first kappa shape index (κ1) is 10.1. The van der Waals surface area contributed by atoms with Gasteiger partial charge in [-0.3, -0.25) is 4.39 Å². The zero-order valence-electron chi connectivity index (χ0n) is 7.39. The van der Waals surface area contributed by atoms with E-state index in [0.29, 0.717) is 19.5 Å². The summed E-state index contributed by atoms with van der Waals surface area (Å²) >= 11 is 0. The minimum atomic E-state index is -0.309. The van der Waals surface area contributed by atoms with Crippen molar-refractivity contribution in [3.05, 3.63) is 35.6 Å². The van der Waals surface area contributed by atoms with Gasteiger partial charge in [0.15, 0.2) is 0 Å². The van der Waals surface area contributed by atoms with E-state index in [1.165, 1.54) is 12.1 Å². The molecule has 0 aromatic heterocycles. The second-order valence-electron chi connectivity index (χ2n) is 2.85. The number of alkyl halides is 1. The molecule has 0 bridgehead atoms. The third-order valence-electron chi connectivity index (χ3n) is 1.71. The number of benzene rings is 1. The summed E-state index contributed by atoms with van der Waals surface area (Å²) in [7, 11) is 0. The molecule has 0 radical (unpaired) electrons. The summed E-state index contributed by atoms with van der Waals surface area (Å²) in [6.45, 7) is 0.918. The lowest BCUT2D eigenvalue weighted by Crippen LogP contribution is -2.15. The van der Waals surface area contributed by atoms with E-state index in [1.807, 2.05) is 6.07 Å². The van der Waals surface area contributed by atoms with Gasteiger partial charge < -0.3 is 5.32 Å². The molecule has 72 valence electrons. The van der Waals surface area contributed by atoms with Crippen molar-refractivity contribution < 1.29 is 8.78 Å². The van der Waals surface area contributed by atoms with Gasteiger partial charge in [-0.2, -0.15) is 0 Å². The molecule has 0 heterocycles. The zero-order chi connectivity index (χ0) is 9.52. The van der Waals surface area contributed by atoms with E-state index < -0.39 is 0 Å². The average molecular weight is 185 g/mol. The molecule has 0 aliphatic heterocycles. The zero-order valence-corrected chi connectivity index (χ0v) is 7.39. The average Bonchev–Trinajstić information content (AvgIpc) is 2.13. The fourth-order valence-electron chi connectivity index (χ4n) is 1.07. The summed E-state index contributed by atoms with van der Waals surface area (Å²) in [5.74, 6) is -0.232. The monoisotopic (exact) mass is 185 g/mol. The number of nitrogens with one attached hydrogen (secondary N) is 1. The van der Waals surface area contributed by atoms with Crippen LogP contribution in [0.2, 0.25) is 0 Å². The van der Waals surface area contributed by atoms with E-state index >= 15 is 0 Å². The van der Waals surface area contributed by atoms with Crippen LogP contribution in [0.1, 0.15) is 12.0 Å². The summed E-state index contributed by atoms with van der Waals surface area (Å²) in [5, 5.41) is 3.02. The van der Waals surface area contributed by atoms with Gasteiger partial charge in [0.05, 0.1) is 6.67 Å². The van der Waals surface area contributed by atoms with Crippen LogP contribution in [0, 0.1) is 5.82 Å². The van der Waals surface area contributed by atoms with Gasteiger partial charge in [0.25, 0.3) is 0 Å². The summed E-state index contributed by atoms with van der Waals surface area (Å²) in [6.07, 6.45) is 0.509.